The van der Waals surface area contributed by atoms with Crippen molar-refractivity contribution in [1.29, 1.82) is 0 Å². The first-order valence-corrected chi connectivity index (χ1v) is 11.6. The van der Waals surface area contributed by atoms with Gasteiger partial charge < -0.3 is 0 Å². The van der Waals surface area contributed by atoms with Gasteiger partial charge in [0, 0.05) is 21.9 Å². The van der Waals surface area contributed by atoms with Crippen molar-refractivity contribution in [2.24, 2.45) is 0 Å². The van der Waals surface area contributed by atoms with Crippen LogP contribution >= 0.6 is 0 Å². The number of aromatic nitrogens is 2. The van der Waals surface area contributed by atoms with Gasteiger partial charge >= 0.3 is 0 Å². The summed E-state index contributed by atoms with van der Waals surface area (Å²) in [5, 5.41) is 4.62. The second-order valence-corrected chi connectivity index (χ2v) is 8.89. The van der Waals surface area contributed by atoms with E-state index in [1.54, 1.807) is 0 Å². The minimum Gasteiger partial charge on any atom is -0.245 e. The molecule has 2 heteroatoms. The number of nitrogens with zero attached hydrogens (tertiary/aromatic N) is 2. The second-order valence-electron chi connectivity index (χ2n) is 8.89. The van der Waals surface area contributed by atoms with Gasteiger partial charge in [-0.15, -0.1) is 0 Å². The molecule has 0 aliphatic carbocycles. The third kappa shape index (κ3) is 3.64. The largest absolute Gasteiger partial charge is 0.245 e. The summed E-state index contributed by atoms with van der Waals surface area (Å²) >= 11 is 0. The summed E-state index contributed by atoms with van der Waals surface area (Å²) < 4.78 is 0. The minimum absolute atomic E-state index is 0.883. The molecule has 2 nitrogen and oxygen atoms in total. The van der Waals surface area contributed by atoms with E-state index < -0.39 is 0 Å². The lowest BCUT2D eigenvalue weighted by Gasteiger charge is -2.13. The Morgan fingerprint density at radius 1 is 0.441 bits per heavy atom. The fourth-order valence-electron chi connectivity index (χ4n) is 4.52. The molecule has 4 aromatic carbocycles. The van der Waals surface area contributed by atoms with Crippen molar-refractivity contribution < 1.29 is 0 Å². The molecule has 0 atom stereocenters. The van der Waals surface area contributed by atoms with E-state index in [0.717, 1.165) is 55.4 Å². The molecule has 0 fully saturated rings. The SMILES string of the molecule is Cc1ccc(-c2nc(-c3cc4ccccc4c(-c4ccc(C)cc4)n3)cc3ccccc23)cc1. The Hall–Kier alpha value is -4.30. The van der Waals surface area contributed by atoms with E-state index in [1.807, 2.05) is 0 Å². The standard InChI is InChI=1S/C32H24N2/c1-21-11-15-23(16-12-21)31-27-9-5-3-7-25(27)19-29(33-31)30-20-26-8-4-6-10-28(26)32(34-30)24-17-13-22(2)14-18-24/h3-20H,1-2H3. The van der Waals surface area contributed by atoms with Crippen LogP contribution in [0.1, 0.15) is 11.1 Å². The second kappa shape index (κ2) is 8.24. The maximum absolute atomic E-state index is 5.16. The van der Waals surface area contributed by atoms with Gasteiger partial charge in [-0.3, -0.25) is 0 Å². The van der Waals surface area contributed by atoms with E-state index >= 15 is 0 Å². The van der Waals surface area contributed by atoms with Crippen LogP contribution in [0.3, 0.4) is 0 Å². The molecule has 6 rings (SSSR count). The summed E-state index contributed by atoms with van der Waals surface area (Å²) in [6.07, 6.45) is 0. The van der Waals surface area contributed by atoms with Crippen molar-refractivity contribution in [1.82, 2.24) is 9.97 Å². The highest BCUT2D eigenvalue weighted by atomic mass is 14.8. The Morgan fingerprint density at radius 3 is 1.24 bits per heavy atom. The molecule has 0 aliphatic rings. The Bertz CT molecular complexity index is 1520. The summed E-state index contributed by atoms with van der Waals surface area (Å²) in [7, 11) is 0. The molecular weight excluding hydrogens is 412 g/mol. The number of pyridine rings is 2. The molecule has 0 radical (unpaired) electrons. The molecule has 6 aromatic rings. The van der Waals surface area contributed by atoms with Crippen LogP contribution in [0.15, 0.2) is 109 Å². The number of rotatable bonds is 3. The van der Waals surface area contributed by atoms with Crippen molar-refractivity contribution in [3.05, 3.63) is 120 Å². The summed E-state index contributed by atoms with van der Waals surface area (Å²) in [6, 6.07) is 38.4. The molecule has 0 saturated heterocycles. The molecular formula is C32H24N2. The average Bonchev–Trinajstić information content (AvgIpc) is 2.88. The van der Waals surface area contributed by atoms with Crippen LogP contribution in [-0.2, 0) is 0 Å². The molecule has 162 valence electrons. The van der Waals surface area contributed by atoms with Crippen molar-refractivity contribution in [3.63, 3.8) is 0 Å². The Balaban J connectivity index is 1.62. The number of aryl methyl sites for hydroxylation is 2. The van der Waals surface area contributed by atoms with Gasteiger partial charge in [-0.05, 0) is 36.8 Å². The quantitative estimate of drug-likeness (QED) is 0.278. The number of benzene rings is 4. The maximum atomic E-state index is 5.16. The summed E-state index contributed by atoms with van der Waals surface area (Å²) in [5.74, 6) is 0. The highest BCUT2D eigenvalue weighted by Gasteiger charge is 2.14. The van der Waals surface area contributed by atoms with Gasteiger partial charge in [-0.1, -0.05) is 108 Å². The zero-order valence-electron chi connectivity index (χ0n) is 19.3. The van der Waals surface area contributed by atoms with E-state index in [4.69, 9.17) is 9.97 Å². The summed E-state index contributed by atoms with van der Waals surface area (Å²) in [5.41, 5.74) is 8.44. The van der Waals surface area contributed by atoms with Crippen LogP contribution < -0.4 is 0 Å². The van der Waals surface area contributed by atoms with Gasteiger partial charge in [-0.2, -0.15) is 0 Å². The zero-order valence-corrected chi connectivity index (χ0v) is 19.3. The molecule has 0 aliphatic heterocycles. The first-order chi connectivity index (χ1) is 16.7. The van der Waals surface area contributed by atoms with Gasteiger partial charge in [0.2, 0.25) is 0 Å². The van der Waals surface area contributed by atoms with E-state index in [2.05, 4.69) is 123 Å². The summed E-state index contributed by atoms with van der Waals surface area (Å²) in [4.78, 5) is 10.3. The fraction of sp³-hybridized carbons (Fsp3) is 0.0625. The topological polar surface area (TPSA) is 25.8 Å². The Morgan fingerprint density at radius 2 is 0.824 bits per heavy atom. The van der Waals surface area contributed by atoms with Crippen LogP contribution in [0.2, 0.25) is 0 Å². The molecule has 0 saturated carbocycles. The van der Waals surface area contributed by atoms with Crippen LogP contribution in [0.5, 0.6) is 0 Å². The van der Waals surface area contributed by atoms with Gasteiger partial charge in [0.15, 0.2) is 0 Å². The Labute approximate surface area is 199 Å². The van der Waals surface area contributed by atoms with Gasteiger partial charge in [0.05, 0.1) is 22.8 Å². The van der Waals surface area contributed by atoms with Gasteiger partial charge in [0.25, 0.3) is 0 Å². The molecule has 0 amide bonds. The molecule has 0 spiro atoms. The van der Waals surface area contributed by atoms with E-state index in [0.29, 0.717) is 0 Å². The fourth-order valence-corrected chi connectivity index (χ4v) is 4.52. The van der Waals surface area contributed by atoms with Crippen molar-refractivity contribution in [2.45, 2.75) is 13.8 Å². The smallest absolute Gasteiger partial charge is 0.0900 e. The normalized spacial score (nSPS) is 11.2. The maximum Gasteiger partial charge on any atom is 0.0900 e. The number of hydrogen-bond acceptors (Lipinski definition) is 2. The van der Waals surface area contributed by atoms with Crippen LogP contribution in [0.4, 0.5) is 0 Å². The van der Waals surface area contributed by atoms with Crippen LogP contribution in [0.25, 0.3) is 55.4 Å². The van der Waals surface area contributed by atoms with Gasteiger partial charge in [0.1, 0.15) is 0 Å². The monoisotopic (exact) mass is 436 g/mol. The molecule has 2 heterocycles. The van der Waals surface area contributed by atoms with Crippen molar-refractivity contribution in [3.8, 4) is 33.9 Å². The van der Waals surface area contributed by atoms with Crippen molar-refractivity contribution >= 4 is 21.5 Å². The van der Waals surface area contributed by atoms with Crippen molar-refractivity contribution in [2.75, 3.05) is 0 Å². The average molecular weight is 437 g/mol. The van der Waals surface area contributed by atoms with E-state index in [9.17, 15) is 0 Å². The predicted octanol–water partition coefficient (Wildman–Crippen LogP) is 8.40. The third-order valence-corrected chi connectivity index (χ3v) is 6.39. The number of fused-ring (bicyclic) bond motifs is 2. The third-order valence-electron chi connectivity index (χ3n) is 6.39. The lowest BCUT2D eigenvalue weighted by Crippen LogP contribution is -1.95. The zero-order chi connectivity index (χ0) is 23.1. The minimum atomic E-state index is 0.883. The highest BCUT2D eigenvalue weighted by Crippen LogP contribution is 2.34. The van der Waals surface area contributed by atoms with Gasteiger partial charge in [-0.25, -0.2) is 9.97 Å². The molecule has 0 bridgehead atoms. The molecule has 0 N–H and O–H groups in total. The highest BCUT2D eigenvalue weighted by molar-refractivity contribution is 5.99. The van der Waals surface area contributed by atoms with Crippen LogP contribution in [-0.4, -0.2) is 9.97 Å². The lowest BCUT2D eigenvalue weighted by molar-refractivity contribution is 1.27. The first-order valence-electron chi connectivity index (χ1n) is 11.6. The van der Waals surface area contributed by atoms with Crippen LogP contribution in [0, 0.1) is 13.8 Å². The predicted molar refractivity (Wildman–Crippen MR) is 143 cm³/mol. The molecule has 0 unspecified atom stereocenters. The lowest BCUT2D eigenvalue weighted by atomic mass is 9.99. The Kier molecular flexibility index (Phi) is 4.92. The summed E-state index contributed by atoms with van der Waals surface area (Å²) in [6.45, 7) is 4.22. The molecule has 34 heavy (non-hydrogen) atoms. The van der Waals surface area contributed by atoms with E-state index in [1.165, 1.54) is 11.1 Å². The number of hydrogen-bond donors (Lipinski definition) is 0. The molecule has 2 aromatic heterocycles. The first kappa shape index (κ1) is 20.3. The van der Waals surface area contributed by atoms with E-state index in [-0.39, 0.29) is 0 Å².